The van der Waals surface area contributed by atoms with Crippen LogP contribution in [0.4, 0.5) is 4.79 Å². The van der Waals surface area contributed by atoms with Crippen molar-refractivity contribution in [3.8, 4) is 0 Å². The standard InChI is InChI=1S/C11H21N3O3/c1-8(13-11(12)17)10(16)14-6-4-2-3-5-9(14)7-15/h8-9,15H,2-7H2,1H3,(H3,12,13,17). The number of nitrogens with one attached hydrogen (secondary N) is 1. The smallest absolute Gasteiger partial charge is 0.312 e. The minimum atomic E-state index is -0.707. The van der Waals surface area contributed by atoms with Gasteiger partial charge in [0.1, 0.15) is 6.04 Å². The van der Waals surface area contributed by atoms with Crippen molar-refractivity contribution in [3.63, 3.8) is 0 Å². The van der Waals surface area contributed by atoms with Gasteiger partial charge in [0.25, 0.3) is 0 Å². The van der Waals surface area contributed by atoms with Crippen LogP contribution in [0.3, 0.4) is 0 Å². The van der Waals surface area contributed by atoms with Crippen LogP contribution in [0.25, 0.3) is 0 Å². The van der Waals surface area contributed by atoms with Crippen LogP contribution in [0.5, 0.6) is 0 Å². The summed E-state index contributed by atoms with van der Waals surface area (Å²) in [4.78, 5) is 24.5. The van der Waals surface area contributed by atoms with E-state index in [1.165, 1.54) is 0 Å². The second-order valence-corrected chi connectivity index (χ2v) is 4.45. The number of aliphatic hydroxyl groups excluding tert-OH is 1. The number of carbonyl (C=O) groups is 2. The van der Waals surface area contributed by atoms with E-state index in [-0.39, 0.29) is 18.6 Å². The van der Waals surface area contributed by atoms with E-state index in [0.29, 0.717) is 6.54 Å². The van der Waals surface area contributed by atoms with Crippen LogP contribution in [-0.4, -0.2) is 47.2 Å². The molecule has 0 spiro atoms. The molecule has 0 bridgehead atoms. The maximum Gasteiger partial charge on any atom is 0.312 e. The van der Waals surface area contributed by atoms with Gasteiger partial charge in [-0.3, -0.25) is 4.79 Å². The summed E-state index contributed by atoms with van der Waals surface area (Å²) in [6, 6.07) is -1.48. The third-order valence-electron chi connectivity index (χ3n) is 3.10. The second kappa shape index (κ2) is 6.44. The molecule has 2 atom stereocenters. The zero-order chi connectivity index (χ0) is 12.8. The quantitative estimate of drug-likeness (QED) is 0.641. The first-order valence-corrected chi connectivity index (χ1v) is 6.03. The lowest BCUT2D eigenvalue weighted by molar-refractivity contribution is -0.136. The Morgan fingerprint density at radius 1 is 1.47 bits per heavy atom. The van der Waals surface area contributed by atoms with E-state index in [4.69, 9.17) is 5.73 Å². The molecule has 1 aliphatic rings. The van der Waals surface area contributed by atoms with E-state index in [9.17, 15) is 14.7 Å². The summed E-state index contributed by atoms with van der Waals surface area (Å²) in [5.74, 6) is -0.176. The van der Waals surface area contributed by atoms with Crippen LogP contribution < -0.4 is 11.1 Å². The molecule has 1 heterocycles. The van der Waals surface area contributed by atoms with Gasteiger partial charge in [-0.1, -0.05) is 12.8 Å². The predicted octanol–water partition coefficient (Wildman–Crippen LogP) is -0.193. The minimum absolute atomic E-state index is 0.0327. The van der Waals surface area contributed by atoms with Gasteiger partial charge in [0.15, 0.2) is 0 Å². The normalized spacial score (nSPS) is 22.7. The van der Waals surface area contributed by atoms with E-state index in [1.54, 1.807) is 11.8 Å². The first-order valence-electron chi connectivity index (χ1n) is 6.03. The lowest BCUT2D eigenvalue weighted by atomic mass is 10.1. The third-order valence-corrected chi connectivity index (χ3v) is 3.10. The SMILES string of the molecule is CC(NC(N)=O)C(=O)N1CCCCCC1CO. The summed E-state index contributed by atoms with van der Waals surface area (Å²) >= 11 is 0. The zero-order valence-electron chi connectivity index (χ0n) is 10.2. The Balaban J connectivity index is 2.66. The molecule has 3 amide bonds. The molecule has 1 saturated heterocycles. The molecule has 0 radical (unpaired) electrons. The molecule has 98 valence electrons. The van der Waals surface area contributed by atoms with Crippen molar-refractivity contribution in [3.05, 3.63) is 0 Å². The van der Waals surface area contributed by atoms with Crippen molar-refractivity contribution >= 4 is 11.9 Å². The summed E-state index contributed by atoms with van der Waals surface area (Å²) in [7, 11) is 0. The molecule has 0 aliphatic carbocycles. The molecule has 0 saturated carbocycles. The Morgan fingerprint density at radius 2 is 2.18 bits per heavy atom. The minimum Gasteiger partial charge on any atom is -0.394 e. The fraction of sp³-hybridized carbons (Fsp3) is 0.818. The Bertz CT molecular complexity index is 283. The lowest BCUT2D eigenvalue weighted by Crippen LogP contribution is -2.52. The Kier molecular flexibility index (Phi) is 5.21. The largest absolute Gasteiger partial charge is 0.394 e. The second-order valence-electron chi connectivity index (χ2n) is 4.45. The Labute approximate surface area is 101 Å². The number of urea groups is 1. The first kappa shape index (κ1) is 13.8. The molecule has 6 nitrogen and oxygen atoms in total. The van der Waals surface area contributed by atoms with E-state index in [1.807, 2.05) is 0 Å². The summed E-state index contributed by atoms with van der Waals surface area (Å²) in [6.07, 6.45) is 3.83. The van der Waals surface area contributed by atoms with Crippen LogP contribution in [-0.2, 0) is 4.79 Å². The number of rotatable bonds is 3. The molecular formula is C11H21N3O3. The number of nitrogens with two attached hydrogens (primary N) is 1. The third kappa shape index (κ3) is 3.89. The fourth-order valence-corrected chi connectivity index (χ4v) is 2.18. The molecule has 0 aromatic rings. The van der Waals surface area contributed by atoms with Crippen molar-refractivity contribution in [2.75, 3.05) is 13.2 Å². The predicted molar refractivity (Wildman–Crippen MR) is 63.2 cm³/mol. The maximum atomic E-state index is 12.1. The van der Waals surface area contributed by atoms with Crippen molar-refractivity contribution in [2.24, 2.45) is 5.73 Å². The Morgan fingerprint density at radius 3 is 2.76 bits per heavy atom. The van der Waals surface area contributed by atoms with Crippen LogP contribution >= 0.6 is 0 Å². The number of hydrogen-bond acceptors (Lipinski definition) is 3. The van der Waals surface area contributed by atoms with Gasteiger partial charge in [-0.05, 0) is 19.8 Å². The molecule has 2 unspecified atom stereocenters. The highest BCUT2D eigenvalue weighted by Crippen LogP contribution is 2.17. The van der Waals surface area contributed by atoms with Crippen LogP contribution in [0, 0.1) is 0 Å². The monoisotopic (exact) mass is 243 g/mol. The molecule has 6 heteroatoms. The molecule has 1 fully saturated rings. The molecular weight excluding hydrogens is 222 g/mol. The molecule has 0 aromatic heterocycles. The van der Waals surface area contributed by atoms with Crippen LogP contribution in [0.15, 0.2) is 0 Å². The lowest BCUT2D eigenvalue weighted by Gasteiger charge is -2.31. The van der Waals surface area contributed by atoms with E-state index in [2.05, 4.69) is 5.32 Å². The highest BCUT2D eigenvalue weighted by molar-refractivity contribution is 5.86. The maximum absolute atomic E-state index is 12.1. The first-order chi connectivity index (χ1) is 8.06. The highest BCUT2D eigenvalue weighted by atomic mass is 16.3. The number of likely N-dealkylation sites (tertiary alicyclic amines) is 1. The molecule has 1 aliphatic heterocycles. The van der Waals surface area contributed by atoms with E-state index >= 15 is 0 Å². The average Bonchev–Trinajstić information content (AvgIpc) is 2.51. The summed E-state index contributed by atoms with van der Waals surface area (Å²) in [5, 5.41) is 11.7. The van der Waals surface area contributed by atoms with E-state index in [0.717, 1.165) is 25.7 Å². The van der Waals surface area contributed by atoms with Crippen molar-refractivity contribution in [1.29, 1.82) is 0 Å². The number of amides is 3. The van der Waals surface area contributed by atoms with Gasteiger partial charge >= 0.3 is 6.03 Å². The van der Waals surface area contributed by atoms with Gasteiger partial charge in [-0.2, -0.15) is 0 Å². The van der Waals surface area contributed by atoms with E-state index < -0.39 is 12.1 Å². The number of aliphatic hydroxyl groups is 1. The highest BCUT2D eigenvalue weighted by Gasteiger charge is 2.28. The summed E-state index contributed by atoms with van der Waals surface area (Å²) in [5.41, 5.74) is 4.99. The zero-order valence-corrected chi connectivity index (χ0v) is 10.2. The van der Waals surface area contributed by atoms with Gasteiger partial charge in [0.05, 0.1) is 12.6 Å². The van der Waals surface area contributed by atoms with Gasteiger partial charge in [0, 0.05) is 6.54 Å². The fourth-order valence-electron chi connectivity index (χ4n) is 2.18. The molecule has 0 aromatic carbocycles. The van der Waals surface area contributed by atoms with Gasteiger partial charge in [-0.15, -0.1) is 0 Å². The van der Waals surface area contributed by atoms with Crippen LogP contribution in [0.1, 0.15) is 32.6 Å². The number of nitrogens with zero attached hydrogens (tertiary/aromatic N) is 1. The van der Waals surface area contributed by atoms with Crippen molar-refractivity contribution < 1.29 is 14.7 Å². The van der Waals surface area contributed by atoms with Gasteiger partial charge in [-0.25, -0.2) is 4.79 Å². The molecule has 1 rings (SSSR count). The van der Waals surface area contributed by atoms with Crippen molar-refractivity contribution in [1.82, 2.24) is 10.2 Å². The molecule has 17 heavy (non-hydrogen) atoms. The summed E-state index contributed by atoms with van der Waals surface area (Å²) < 4.78 is 0. The van der Waals surface area contributed by atoms with Gasteiger partial charge < -0.3 is 21.1 Å². The van der Waals surface area contributed by atoms with Crippen molar-refractivity contribution in [2.45, 2.75) is 44.7 Å². The Hall–Kier alpha value is -1.30. The van der Waals surface area contributed by atoms with Crippen LogP contribution in [0.2, 0.25) is 0 Å². The van der Waals surface area contributed by atoms with Gasteiger partial charge in [0.2, 0.25) is 5.91 Å². The number of primary amides is 1. The topological polar surface area (TPSA) is 95.7 Å². The molecule has 4 N–H and O–H groups in total. The average molecular weight is 243 g/mol. The summed E-state index contributed by atoms with van der Waals surface area (Å²) in [6.45, 7) is 2.20. The number of carbonyl (C=O) groups excluding carboxylic acids is 2. The number of hydrogen-bond donors (Lipinski definition) is 3.